The minimum absolute atomic E-state index is 0.140. The standard InChI is InChI=1S/C13H13N3O3/c1-7-3-10(13(18)19)6-14-11(7)5-9-4-8(2)15-16-12(9)17/h3-4,6H,5H2,1-2H3,(H,16,17)(H,18,19). The molecule has 0 atom stereocenters. The van der Waals surface area contributed by atoms with E-state index in [9.17, 15) is 9.59 Å². The predicted octanol–water partition coefficient (Wildman–Crippen LogP) is 1.07. The number of carboxylic acids is 1. The lowest BCUT2D eigenvalue weighted by atomic mass is 10.1. The molecule has 2 heterocycles. The Kier molecular flexibility index (Phi) is 3.41. The number of hydrogen-bond donors (Lipinski definition) is 2. The summed E-state index contributed by atoms with van der Waals surface area (Å²) in [5.41, 5.74) is 2.59. The van der Waals surface area contributed by atoms with E-state index in [1.54, 1.807) is 26.0 Å². The first-order chi connectivity index (χ1) is 8.97. The maximum atomic E-state index is 11.6. The van der Waals surface area contributed by atoms with Crippen molar-refractivity contribution in [2.24, 2.45) is 0 Å². The second-order valence-corrected chi connectivity index (χ2v) is 4.33. The van der Waals surface area contributed by atoms with Gasteiger partial charge in [-0.3, -0.25) is 9.78 Å². The summed E-state index contributed by atoms with van der Waals surface area (Å²) in [6.45, 7) is 3.56. The molecule has 0 radical (unpaired) electrons. The first kappa shape index (κ1) is 12.9. The number of aryl methyl sites for hydroxylation is 2. The zero-order chi connectivity index (χ0) is 14.0. The first-order valence-electron chi connectivity index (χ1n) is 5.71. The summed E-state index contributed by atoms with van der Waals surface area (Å²) < 4.78 is 0. The molecule has 2 rings (SSSR count). The van der Waals surface area contributed by atoms with Gasteiger partial charge in [-0.2, -0.15) is 5.10 Å². The van der Waals surface area contributed by atoms with E-state index in [4.69, 9.17) is 5.11 Å². The fourth-order valence-electron chi connectivity index (χ4n) is 1.78. The molecule has 0 aromatic carbocycles. The molecule has 0 aliphatic carbocycles. The van der Waals surface area contributed by atoms with Gasteiger partial charge in [-0.15, -0.1) is 0 Å². The highest BCUT2D eigenvalue weighted by molar-refractivity contribution is 5.87. The number of H-pyrrole nitrogens is 1. The van der Waals surface area contributed by atoms with Gasteiger partial charge in [-0.05, 0) is 31.5 Å². The van der Waals surface area contributed by atoms with Crippen LogP contribution in [0.15, 0.2) is 23.1 Å². The van der Waals surface area contributed by atoms with Gasteiger partial charge in [0.15, 0.2) is 0 Å². The Bertz CT molecular complexity index is 692. The Morgan fingerprint density at radius 1 is 1.37 bits per heavy atom. The molecule has 0 fully saturated rings. The van der Waals surface area contributed by atoms with Gasteiger partial charge in [0.2, 0.25) is 0 Å². The van der Waals surface area contributed by atoms with Crippen LogP contribution in [0.3, 0.4) is 0 Å². The SMILES string of the molecule is Cc1cc(Cc2ncc(C(=O)O)cc2C)c(=O)[nH]n1. The van der Waals surface area contributed by atoms with Crippen molar-refractivity contribution in [3.63, 3.8) is 0 Å². The monoisotopic (exact) mass is 259 g/mol. The molecule has 2 aromatic rings. The van der Waals surface area contributed by atoms with Gasteiger partial charge in [0.05, 0.1) is 11.3 Å². The fourth-order valence-corrected chi connectivity index (χ4v) is 1.78. The van der Waals surface area contributed by atoms with Crippen molar-refractivity contribution in [3.8, 4) is 0 Å². The number of aromatic nitrogens is 3. The third-order valence-electron chi connectivity index (χ3n) is 2.80. The molecule has 0 saturated carbocycles. The minimum Gasteiger partial charge on any atom is -0.478 e. The molecule has 0 saturated heterocycles. The summed E-state index contributed by atoms with van der Waals surface area (Å²) in [6, 6.07) is 3.25. The summed E-state index contributed by atoms with van der Waals surface area (Å²) in [4.78, 5) is 26.6. The fraction of sp³-hybridized carbons (Fsp3) is 0.231. The molecule has 2 N–H and O–H groups in total. The molecule has 19 heavy (non-hydrogen) atoms. The van der Waals surface area contributed by atoms with Crippen LogP contribution in [-0.4, -0.2) is 26.3 Å². The van der Waals surface area contributed by atoms with Gasteiger partial charge >= 0.3 is 5.97 Å². The molecule has 6 nitrogen and oxygen atoms in total. The van der Waals surface area contributed by atoms with E-state index in [0.29, 0.717) is 17.7 Å². The van der Waals surface area contributed by atoms with Gasteiger partial charge in [0.1, 0.15) is 0 Å². The maximum absolute atomic E-state index is 11.6. The van der Waals surface area contributed by atoms with Crippen LogP contribution < -0.4 is 5.56 Å². The van der Waals surface area contributed by atoms with Crippen molar-refractivity contribution in [2.75, 3.05) is 0 Å². The summed E-state index contributed by atoms with van der Waals surface area (Å²) >= 11 is 0. The van der Waals surface area contributed by atoms with Crippen molar-refractivity contribution < 1.29 is 9.90 Å². The van der Waals surface area contributed by atoms with E-state index < -0.39 is 5.97 Å². The average Bonchev–Trinajstić information content (AvgIpc) is 2.36. The Labute approximate surface area is 109 Å². The third-order valence-corrected chi connectivity index (χ3v) is 2.80. The molecular weight excluding hydrogens is 246 g/mol. The van der Waals surface area contributed by atoms with Crippen molar-refractivity contribution in [1.29, 1.82) is 0 Å². The topological polar surface area (TPSA) is 95.9 Å². The average molecular weight is 259 g/mol. The van der Waals surface area contributed by atoms with Gasteiger partial charge < -0.3 is 5.11 Å². The number of nitrogens with zero attached hydrogens (tertiary/aromatic N) is 2. The largest absolute Gasteiger partial charge is 0.478 e. The van der Waals surface area contributed by atoms with Crippen LogP contribution in [0.2, 0.25) is 0 Å². The number of carboxylic acid groups (broad SMARTS) is 1. The molecule has 2 aromatic heterocycles. The number of hydrogen-bond acceptors (Lipinski definition) is 4. The predicted molar refractivity (Wildman–Crippen MR) is 68.3 cm³/mol. The van der Waals surface area contributed by atoms with Crippen LogP contribution in [-0.2, 0) is 6.42 Å². The highest BCUT2D eigenvalue weighted by Crippen LogP contribution is 2.11. The smallest absolute Gasteiger partial charge is 0.337 e. The second kappa shape index (κ2) is 5.01. The highest BCUT2D eigenvalue weighted by Gasteiger charge is 2.09. The van der Waals surface area contributed by atoms with E-state index in [1.807, 2.05) is 0 Å². The Morgan fingerprint density at radius 2 is 2.11 bits per heavy atom. The van der Waals surface area contributed by atoms with Crippen LogP contribution in [0.25, 0.3) is 0 Å². The van der Waals surface area contributed by atoms with Gasteiger partial charge in [-0.25, -0.2) is 9.89 Å². The van der Waals surface area contributed by atoms with Crippen LogP contribution in [0.4, 0.5) is 0 Å². The van der Waals surface area contributed by atoms with E-state index in [-0.39, 0.29) is 11.1 Å². The van der Waals surface area contributed by atoms with E-state index >= 15 is 0 Å². The first-order valence-corrected chi connectivity index (χ1v) is 5.71. The van der Waals surface area contributed by atoms with Crippen LogP contribution in [0, 0.1) is 13.8 Å². The summed E-state index contributed by atoms with van der Waals surface area (Å²) in [5, 5.41) is 15.1. The van der Waals surface area contributed by atoms with E-state index in [2.05, 4.69) is 15.2 Å². The van der Waals surface area contributed by atoms with Crippen molar-refractivity contribution in [2.45, 2.75) is 20.3 Å². The minimum atomic E-state index is -1.01. The lowest BCUT2D eigenvalue weighted by Crippen LogP contribution is -2.16. The van der Waals surface area contributed by atoms with Gasteiger partial charge in [0.25, 0.3) is 5.56 Å². The molecular formula is C13H13N3O3. The Balaban J connectivity index is 2.36. The molecule has 0 unspecified atom stereocenters. The molecule has 98 valence electrons. The molecule has 0 aliphatic rings. The third kappa shape index (κ3) is 2.85. The highest BCUT2D eigenvalue weighted by atomic mass is 16.4. The zero-order valence-corrected chi connectivity index (χ0v) is 10.6. The number of nitrogens with one attached hydrogen (secondary N) is 1. The zero-order valence-electron chi connectivity index (χ0n) is 10.6. The molecule has 0 spiro atoms. The number of aromatic amines is 1. The van der Waals surface area contributed by atoms with Crippen molar-refractivity contribution in [3.05, 3.63) is 56.8 Å². The summed E-state index contributed by atoms with van der Waals surface area (Å²) in [5.74, 6) is -1.01. The van der Waals surface area contributed by atoms with Crippen molar-refractivity contribution >= 4 is 5.97 Å². The Hall–Kier alpha value is -2.50. The number of pyridine rings is 1. The van der Waals surface area contributed by atoms with Crippen LogP contribution in [0.1, 0.15) is 32.9 Å². The summed E-state index contributed by atoms with van der Waals surface area (Å²) in [7, 11) is 0. The van der Waals surface area contributed by atoms with Gasteiger partial charge in [-0.1, -0.05) is 0 Å². The number of rotatable bonds is 3. The van der Waals surface area contributed by atoms with Crippen molar-refractivity contribution in [1.82, 2.24) is 15.2 Å². The van der Waals surface area contributed by atoms with Crippen LogP contribution >= 0.6 is 0 Å². The normalized spacial score (nSPS) is 10.4. The number of carbonyl (C=O) groups is 1. The Morgan fingerprint density at radius 3 is 2.74 bits per heavy atom. The van der Waals surface area contributed by atoms with E-state index in [0.717, 1.165) is 11.3 Å². The molecule has 6 heteroatoms. The molecule has 0 amide bonds. The maximum Gasteiger partial charge on any atom is 0.337 e. The lowest BCUT2D eigenvalue weighted by molar-refractivity contribution is 0.0696. The molecule has 0 bridgehead atoms. The second-order valence-electron chi connectivity index (χ2n) is 4.33. The summed E-state index contributed by atoms with van der Waals surface area (Å²) in [6.07, 6.45) is 1.65. The quantitative estimate of drug-likeness (QED) is 0.859. The molecule has 0 aliphatic heterocycles. The van der Waals surface area contributed by atoms with Gasteiger partial charge in [0, 0.05) is 23.9 Å². The lowest BCUT2D eigenvalue weighted by Gasteiger charge is -2.05. The van der Waals surface area contributed by atoms with E-state index in [1.165, 1.54) is 6.20 Å². The number of aromatic carboxylic acids is 1. The van der Waals surface area contributed by atoms with Crippen LogP contribution in [0.5, 0.6) is 0 Å².